The van der Waals surface area contributed by atoms with E-state index in [2.05, 4.69) is 0 Å². The fraction of sp³-hybridized carbons (Fsp3) is 0.241. The van der Waals surface area contributed by atoms with Gasteiger partial charge in [0, 0.05) is 28.8 Å². The van der Waals surface area contributed by atoms with Gasteiger partial charge < -0.3 is 19.1 Å². The van der Waals surface area contributed by atoms with Crippen molar-refractivity contribution in [1.82, 2.24) is 4.57 Å². The quantitative estimate of drug-likeness (QED) is 0.377. The highest BCUT2D eigenvalue weighted by atomic mass is 16.5. The summed E-state index contributed by atoms with van der Waals surface area (Å²) in [5.74, 6) is -0.0902. The predicted octanol–water partition coefficient (Wildman–Crippen LogP) is 5.31. The lowest BCUT2D eigenvalue weighted by Gasteiger charge is -2.17. The van der Waals surface area contributed by atoms with Crippen molar-refractivity contribution in [1.29, 1.82) is 0 Å². The number of carboxylic acids is 1. The summed E-state index contributed by atoms with van der Waals surface area (Å²) in [7, 11) is 3.19. The Labute approximate surface area is 204 Å². The lowest BCUT2D eigenvalue weighted by molar-refractivity contribution is -0.141. The van der Waals surface area contributed by atoms with E-state index in [0.29, 0.717) is 29.9 Å². The number of rotatable bonds is 8. The second-order valence-corrected chi connectivity index (χ2v) is 8.79. The third-order valence-electron chi connectivity index (χ3n) is 6.38. The molecule has 1 atom stereocenters. The van der Waals surface area contributed by atoms with Gasteiger partial charge in [0.2, 0.25) is 0 Å². The molecule has 0 aliphatic rings. The van der Waals surface area contributed by atoms with Gasteiger partial charge in [-0.1, -0.05) is 43.3 Å². The maximum atomic E-state index is 13.7. The molecule has 6 nitrogen and oxygen atoms in total. The number of carboxylic acid groups (broad SMARTS) is 1. The van der Waals surface area contributed by atoms with E-state index in [1.165, 1.54) is 0 Å². The number of fused-ring (bicyclic) bond motifs is 1. The Morgan fingerprint density at radius 2 is 1.74 bits per heavy atom. The molecular weight excluding hydrogens is 442 g/mol. The van der Waals surface area contributed by atoms with E-state index >= 15 is 0 Å². The summed E-state index contributed by atoms with van der Waals surface area (Å²) in [6.45, 7) is 4.03. The molecule has 4 rings (SSSR count). The molecule has 0 aliphatic carbocycles. The van der Waals surface area contributed by atoms with Crippen molar-refractivity contribution in [2.75, 3.05) is 14.2 Å². The first kappa shape index (κ1) is 24.1. The summed E-state index contributed by atoms with van der Waals surface area (Å²) >= 11 is 0. The third-order valence-corrected chi connectivity index (χ3v) is 6.38. The van der Waals surface area contributed by atoms with Gasteiger partial charge in [-0.15, -0.1) is 0 Å². The molecule has 0 amide bonds. The van der Waals surface area contributed by atoms with Crippen molar-refractivity contribution < 1.29 is 19.4 Å². The van der Waals surface area contributed by atoms with Crippen LogP contribution in [0.3, 0.4) is 0 Å². The van der Waals surface area contributed by atoms with Crippen LogP contribution in [0.2, 0.25) is 0 Å². The summed E-state index contributed by atoms with van der Waals surface area (Å²) in [5.41, 5.74) is 4.62. The van der Waals surface area contributed by atoms with E-state index in [0.717, 1.165) is 33.2 Å². The Morgan fingerprint density at radius 1 is 0.971 bits per heavy atom. The molecule has 6 heteroatoms. The minimum Gasteiger partial charge on any atom is -0.497 e. The highest BCUT2D eigenvalue weighted by molar-refractivity contribution is 5.96. The zero-order chi connectivity index (χ0) is 25.1. The normalized spacial score (nSPS) is 11.9. The SMILES string of the molecule is COc1ccc(Cn2cc(-c3ccccc3C)c3ccc(CC(C)C(=O)O)cc3c2=O)c(OC)c1. The monoisotopic (exact) mass is 471 g/mol. The topological polar surface area (TPSA) is 77.8 Å². The van der Waals surface area contributed by atoms with Crippen LogP contribution in [0.15, 0.2) is 71.7 Å². The molecule has 1 unspecified atom stereocenters. The van der Waals surface area contributed by atoms with Gasteiger partial charge in [0.25, 0.3) is 5.56 Å². The van der Waals surface area contributed by atoms with E-state index in [4.69, 9.17) is 9.47 Å². The summed E-state index contributed by atoms with van der Waals surface area (Å²) in [6.07, 6.45) is 2.25. The smallest absolute Gasteiger partial charge is 0.306 e. The molecule has 180 valence electrons. The molecule has 0 spiro atoms. The van der Waals surface area contributed by atoms with Crippen LogP contribution in [0.25, 0.3) is 21.9 Å². The van der Waals surface area contributed by atoms with Crippen molar-refractivity contribution in [3.63, 3.8) is 0 Å². The van der Waals surface area contributed by atoms with Crippen molar-refractivity contribution in [2.24, 2.45) is 5.92 Å². The average Bonchev–Trinajstić information content (AvgIpc) is 2.86. The maximum Gasteiger partial charge on any atom is 0.306 e. The van der Waals surface area contributed by atoms with Crippen LogP contribution in [0.4, 0.5) is 0 Å². The molecule has 0 aliphatic heterocycles. The van der Waals surface area contributed by atoms with Gasteiger partial charge in [-0.05, 0) is 53.6 Å². The first-order valence-electron chi connectivity index (χ1n) is 11.5. The Bertz CT molecular complexity index is 1450. The molecule has 1 aromatic heterocycles. The Hall–Kier alpha value is -4.06. The van der Waals surface area contributed by atoms with Gasteiger partial charge in [-0.3, -0.25) is 9.59 Å². The van der Waals surface area contributed by atoms with Crippen molar-refractivity contribution >= 4 is 16.7 Å². The largest absolute Gasteiger partial charge is 0.497 e. The minimum atomic E-state index is -0.859. The molecule has 0 fully saturated rings. The number of carbonyl (C=O) groups is 1. The first-order chi connectivity index (χ1) is 16.8. The van der Waals surface area contributed by atoms with Crippen LogP contribution in [0.5, 0.6) is 11.5 Å². The Balaban J connectivity index is 1.92. The van der Waals surface area contributed by atoms with E-state index in [9.17, 15) is 14.7 Å². The van der Waals surface area contributed by atoms with Crippen molar-refractivity contribution in [2.45, 2.75) is 26.8 Å². The van der Waals surface area contributed by atoms with E-state index < -0.39 is 11.9 Å². The summed E-state index contributed by atoms with van der Waals surface area (Å²) < 4.78 is 12.6. The first-order valence-corrected chi connectivity index (χ1v) is 11.5. The lowest BCUT2D eigenvalue weighted by atomic mass is 9.94. The van der Waals surface area contributed by atoms with E-state index in [-0.39, 0.29) is 5.56 Å². The van der Waals surface area contributed by atoms with Crippen LogP contribution < -0.4 is 15.0 Å². The third kappa shape index (κ3) is 4.92. The Morgan fingerprint density at radius 3 is 2.43 bits per heavy atom. The van der Waals surface area contributed by atoms with Gasteiger partial charge in [-0.25, -0.2) is 0 Å². The fourth-order valence-electron chi connectivity index (χ4n) is 4.38. The Kier molecular flexibility index (Phi) is 6.92. The van der Waals surface area contributed by atoms with Gasteiger partial charge in [0.15, 0.2) is 0 Å². The molecule has 0 saturated carbocycles. The summed E-state index contributed by atoms with van der Waals surface area (Å²) in [4.78, 5) is 25.1. The molecule has 1 heterocycles. The zero-order valence-electron chi connectivity index (χ0n) is 20.4. The minimum absolute atomic E-state index is 0.139. The van der Waals surface area contributed by atoms with Gasteiger partial charge in [0.05, 0.1) is 26.7 Å². The number of hydrogen-bond donors (Lipinski definition) is 1. The van der Waals surface area contributed by atoms with Crippen LogP contribution in [-0.2, 0) is 17.8 Å². The number of aromatic nitrogens is 1. The zero-order valence-corrected chi connectivity index (χ0v) is 20.4. The van der Waals surface area contributed by atoms with Crippen LogP contribution in [0.1, 0.15) is 23.6 Å². The second-order valence-electron chi connectivity index (χ2n) is 8.79. The number of ether oxygens (including phenoxy) is 2. The predicted molar refractivity (Wildman–Crippen MR) is 138 cm³/mol. The van der Waals surface area contributed by atoms with Gasteiger partial charge >= 0.3 is 5.97 Å². The molecular formula is C29H29NO5. The highest BCUT2D eigenvalue weighted by Gasteiger charge is 2.17. The molecule has 0 radical (unpaired) electrons. The van der Waals surface area contributed by atoms with E-state index in [1.807, 2.05) is 67.7 Å². The van der Waals surface area contributed by atoms with Crippen LogP contribution >= 0.6 is 0 Å². The number of nitrogens with zero attached hydrogens (tertiary/aromatic N) is 1. The lowest BCUT2D eigenvalue weighted by Crippen LogP contribution is -2.21. The molecule has 0 bridgehead atoms. The van der Waals surface area contributed by atoms with Gasteiger partial charge in [-0.2, -0.15) is 0 Å². The fourth-order valence-corrected chi connectivity index (χ4v) is 4.38. The summed E-state index contributed by atoms with van der Waals surface area (Å²) in [6, 6.07) is 19.3. The molecule has 0 saturated heterocycles. The standard InChI is InChI=1S/C29H29NO5/c1-18-7-5-6-8-23(18)26-17-30(16-21-10-11-22(34-3)15-27(21)35-4)28(31)25-14-20(9-12-24(25)26)13-19(2)29(32)33/h5-12,14-15,17,19H,13,16H2,1-4H3,(H,32,33). The van der Waals surface area contributed by atoms with Crippen LogP contribution in [0, 0.1) is 12.8 Å². The number of aryl methyl sites for hydroxylation is 1. The number of methoxy groups -OCH3 is 2. The number of hydrogen-bond acceptors (Lipinski definition) is 4. The number of benzene rings is 3. The number of pyridine rings is 1. The van der Waals surface area contributed by atoms with Gasteiger partial charge in [0.1, 0.15) is 11.5 Å². The molecule has 4 aromatic rings. The second kappa shape index (κ2) is 10.1. The molecule has 1 N–H and O–H groups in total. The average molecular weight is 472 g/mol. The number of aliphatic carboxylic acids is 1. The van der Waals surface area contributed by atoms with Crippen molar-refractivity contribution in [3.8, 4) is 22.6 Å². The van der Waals surface area contributed by atoms with Crippen molar-refractivity contribution in [3.05, 3.63) is 93.9 Å². The van der Waals surface area contributed by atoms with Crippen LogP contribution in [-0.4, -0.2) is 29.9 Å². The molecule has 3 aromatic carbocycles. The molecule has 35 heavy (non-hydrogen) atoms. The summed E-state index contributed by atoms with van der Waals surface area (Å²) in [5, 5.41) is 10.7. The highest BCUT2D eigenvalue weighted by Crippen LogP contribution is 2.31. The van der Waals surface area contributed by atoms with E-state index in [1.54, 1.807) is 31.8 Å². The maximum absolute atomic E-state index is 13.7.